The van der Waals surface area contributed by atoms with Crippen LogP contribution in [-0.2, 0) is 4.79 Å². The van der Waals surface area contributed by atoms with Gasteiger partial charge in [0.05, 0.1) is 16.4 Å². The van der Waals surface area contributed by atoms with E-state index in [0.29, 0.717) is 16.6 Å². The van der Waals surface area contributed by atoms with Crippen LogP contribution in [0.1, 0.15) is 22.5 Å². The molecule has 2 heterocycles. The van der Waals surface area contributed by atoms with E-state index in [2.05, 4.69) is 20.4 Å². The number of non-ortho nitro benzene ring substituents is 1. The summed E-state index contributed by atoms with van der Waals surface area (Å²) in [6, 6.07) is 4.35. The van der Waals surface area contributed by atoms with Gasteiger partial charge in [0, 0.05) is 23.5 Å². The average molecular weight is 386 g/mol. The fraction of sp³-hybridized carbons (Fsp3) is 0.294. The van der Waals surface area contributed by atoms with E-state index in [0.717, 1.165) is 22.5 Å². The molecular formula is C17H18N6O3S. The molecule has 1 amide bonds. The molecule has 0 bridgehead atoms. The Hall–Kier alpha value is -3.01. The van der Waals surface area contributed by atoms with E-state index in [-0.39, 0.29) is 17.3 Å². The number of carbonyl (C=O) groups is 1. The molecule has 3 rings (SSSR count). The maximum absolute atomic E-state index is 12.2. The molecule has 9 nitrogen and oxygen atoms in total. The Morgan fingerprint density at radius 1 is 1.26 bits per heavy atom. The molecule has 0 spiro atoms. The standard InChI is InChI=1S/C17H18N6O3S/c1-9-5-6-13(23(25)26)7-14(9)19-15(24)8-27-17-20-16-18-11(3)10(2)12(4)22(16)21-17/h5-7H,8H2,1-4H3,(H,19,24). The van der Waals surface area contributed by atoms with Gasteiger partial charge in [-0.15, -0.1) is 5.10 Å². The van der Waals surface area contributed by atoms with Crippen molar-refractivity contribution in [2.24, 2.45) is 0 Å². The summed E-state index contributed by atoms with van der Waals surface area (Å²) in [6.45, 7) is 7.60. The Kier molecular flexibility index (Phi) is 5.08. The molecule has 1 N–H and O–H groups in total. The van der Waals surface area contributed by atoms with Crippen LogP contribution >= 0.6 is 11.8 Å². The van der Waals surface area contributed by atoms with Gasteiger partial charge in [-0.1, -0.05) is 17.8 Å². The van der Waals surface area contributed by atoms with Crippen LogP contribution in [0.5, 0.6) is 0 Å². The molecule has 27 heavy (non-hydrogen) atoms. The van der Waals surface area contributed by atoms with E-state index >= 15 is 0 Å². The lowest BCUT2D eigenvalue weighted by Gasteiger charge is -2.07. The smallest absolute Gasteiger partial charge is 0.271 e. The van der Waals surface area contributed by atoms with Gasteiger partial charge in [0.15, 0.2) is 0 Å². The molecule has 0 saturated heterocycles. The number of anilines is 1. The monoisotopic (exact) mass is 386 g/mol. The second-order valence-corrected chi connectivity index (χ2v) is 7.05. The van der Waals surface area contributed by atoms with Crippen LogP contribution in [0.25, 0.3) is 5.78 Å². The first-order valence-electron chi connectivity index (χ1n) is 8.14. The molecule has 0 atom stereocenters. The highest BCUT2D eigenvalue weighted by Crippen LogP contribution is 2.23. The number of aromatic nitrogens is 4. The largest absolute Gasteiger partial charge is 0.325 e. The van der Waals surface area contributed by atoms with Gasteiger partial charge >= 0.3 is 0 Å². The number of rotatable bonds is 5. The molecule has 0 aliphatic carbocycles. The van der Waals surface area contributed by atoms with Crippen LogP contribution < -0.4 is 5.32 Å². The molecule has 0 unspecified atom stereocenters. The van der Waals surface area contributed by atoms with Gasteiger partial charge < -0.3 is 5.32 Å². The van der Waals surface area contributed by atoms with Crippen molar-refractivity contribution >= 4 is 34.8 Å². The first-order valence-corrected chi connectivity index (χ1v) is 9.13. The molecule has 1 aromatic carbocycles. The predicted octanol–water partition coefficient (Wildman–Crippen LogP) is 3.00. The van der Waals surface area contributed by atoms with E-state index in [9.17, 15) is 14.9 Å². The molecule has 0 saturated carbocycles. The van der Waals surface area contributed by atoms with Gasteiger partial charge in [-0.3, -0.25) is 14.9 Å². The van der Waals surface area contributed by atoms with Crippen LogP contribution in [0.3, 0.4) is 0 Å². The zero-order chi connectivity index (χ0) is 19.7. The Labute approximate surface area is 159 Å². The second kappa shape index (κ2) is 7.31. The molecule has 0 radical (unpaired) electrons. The number of nitro groups is 1. The molecule has 10 heteroatoms. The highest BCUT2D eigenvalue weighted by atomic mass is 32.2. The number of benzene rings is 1. The summed E-state index contributed by atoms with van der Waals surface area (Å²) in [4.78, 5) is 31.4. The molecule has 0 fully saturated rings. The number of hydrogen-bond donors (Lipinski definition) is 1. The van der Waals surface area contributed by atoms with Crippen LogP contribution in [0.2, 0.25) is 0 Å². The Bertz CT molecular complexity index is 1060. The number of thioether (sulfide) groups is 1. The molecule has 2 aromatic heterocycles. The molecule has 3 aromatic rings. The van der Waals surface area contributed by atoms with Crippen molar-refractivity contribution in [3.05, 3.63) is 50.8 Å². The maximum Gasteiger partial charge on any atom is 0.271 e. The summed E-state index contributed by atoms with van der Waals surface area (Å²) < 4.78 is 1.66. The lowest BCUT2D eigenvalue weighted by Crippen LogP contribution is -2.15. The third-order valence-corrected chi connectivity index (χ3v) is 5.12. The third-order valence-electron chi connectivity index (χ3n) is 4.28. The zero-order valence-corrected chi connectivity index (χ0v) is 16.1. The van der Waals surface area contributed by atoms with Crippen molar-refractivity contribution in [3.8, 4) is 0 Å². The quantitative estimate of drug-likeness (QED) is 0.407. The Balaban J connectivity index is 1.71. The van der Waals surface area contributed by atoms with Gasteiger partial charge in [-0.2, -0.15) is 4.98 Å². The normalized spacial score (nSPS) is 11.0. The van der Waals surface area contributed by atoms with Crippen LogP contribution in [0, 0.1) is 37.8 Å². The van der Waals surface area contributed by atoms with Crippen molar-refractivity contribution in [1.82, 2.24) is 19.6 Å². The van der Waals surface area contributed by atoms with Crippen molar-refractivity contribution in [2.75, 3.05) is 11.1 Å². The first kappa shape index (κ1) is 18.8. The van der Waals surface area contributed by atoms with Gasteiger partial charge in [0.2, 0.25) is 11.1 Å². The number of carbonyl (C=O) groups excluding carboxylic acids is 1. The number of nitrogens with zero attached hydrogens (tertiary/aromatic N) is 5. The number of fused-ring (bicyclic) bond motifs is 1. The second-order valence-electron chi connectivity index (χ2n) is 6.11. The lowest BCUT2D eigenvalue weighted by atomic mass is 10.2. The number of hydrogen-bond acceptors (Lipinski definition) is 7. The molecular weight excluding hydrogens is 368 g/mol. The van der Waals surface area contributed by atoms with E-state index in [4.69, 9.17) is 0 Å². The van der Waals surface area contributed by atoms with Gasteiger partial charge in [0.25, 0.3) is 11.5 Å². The topological polar surface area (TPSA) is 115 Å². The minimum absolute atomic E-state index is 0.0714. The van der Waals surface area contributed by atoms with Gasteiger partial charge in [0.1, 0.15) is 0 Å². The van der Waals surface area contributed by atoms with Crippen LogP contribution in [0.4, 0.5) is 11.4 Å². The average Bonchev–Trinajstić information content (AvgIpc) is 3.02. The van der Waals surface area contributed by atoms with Crippen molar-refractivity contribution in [1.29, 1.82) is 0 Å². The molecule has 0 aliphatic rings. The lowest BCUT2D eigenvalue weighted by molar-refractivity contribution is -0.384. The summed E-state index contributed by atoms with van der Waals surface area (Å²) in [6.07, 6.45) is 0. The minimum Gasteiger partial charge on any atom is -0.325 e. The SMILES string of the molecule is Cc1ccc([N+](=O)[O-])cc1NC(=O)CSc1nc2nc(C)c(C)c(C)n2n1. The van der Waals surface area contributed by atoms with Gasteiger partial charge in [-0.25, -0.2) is 9.50 Å². The van der Waals surface area contributed by atoms with Crippen LogP contribution in [0.15, 0.2) is 23.4 Å². The summed E-state index contributed by atoms with van der Waals surface area (Å²) in [5.74, 6) is 0.281. The van der Waals surface area contributed by atoms with Crippen molar-refractivity contribution < 1.29 is 9.72 Å². The number of nitro benzene ring substituents is 1. The molecule has 0 aliphatic heterocycles. The highest BCUT2D eigenvalue weighted by molar-refractivity contribution is 7.99. The Morgan fingerprint density at radius 3 is 2.70 bits per heavy atom. The van der Waals surface area contributed by atoms with E-state index in [1.807, 2.05) is 20.8 Å². The summed E-state index contributed by atoms with van der Waals surface area (Å²) in [5.41, 5.74) is 3.98. The summed E-state index contributed by atoms with van der Waals surface area (Å²) >= 11 is 1.18. The van der Waals surface area contributed by atoms with E-state index in [1.165, 1.54) is 23.9 Å². The third kappa shape index (κ3) is 3.90. The van der Waals surface area contributed by atoms with Gasteiger partial charge in [-0.05, 0) is 38.8 Å². The number of aryl methyl sites for hydroxylation is 3. The number of nitrogens with one attached hydrogen (secondary N) is 1. The fourth-order valence-electron chi connectivity index (χ4n) is 2.47. The van der Waals surface area contributed by atoms with E-state index in [1.54, 1.807) is 17.5 Å². The molecule has 140 valence electrons. The van der Waals surface area contributed by atoms with Crippen molar-refractivity contribution in [3.63, 3.8) is 0 Å². The Morgan fingerprint density at radius 2 is 2.00 bits per heavy atom. The van der Waals surface area contributed by atoms with E-state index < -0.39 is 4.92 Å². The van der Waals surface area contributed by atoms with Crippen molar-refractivity contribution in [2.45, 2.75) is 32.9 Å². The zero-order valence-electron chi connectivity index (χ0n) is 15.3. The van der Waals surface area contributed by atoms with Crippen LogP contribution in [-0.4, -0.2) is 36.2 Å². The minimum atomic E-state index is -0.496. The fourth-order valence-corrected chi connectivity index (χ4v) is 3.09. The number of amides is 1. The maximum atomic E-state index is 12.2. The summed E-state index contributed by atoms with van der Waals surface area (Å²) in [5, 5.41) is 18.4. The predicted molar refractivity (Wildman–Crippen MR) is 102 cm³/mol. The highest BCUT2D eigenvalue weighted by Gasteiger charge is 2.14. The first-order chi connectivity index (χ1) is 12.8. The summed E-state index contributed by atoms with van der Waals surface area (Å²) in [7, 11) is 0.